The van der Waals surface area contributed by atoms with E-state index in [1.807, 2.05) is 4.90 Å². The number of likely N-dealkylation sites (tertiary alicyclic amines) is 1. The second kappa shape index (κ2) is 6.89. The first kappa shape index (κ1) is 18.2. The lowest BCUT2D eigenvalue weighted by Crippen LogP contribution is -2.48. The van der Waals surface area contributed by atoms with Crippen LogP contribution in [0.15, 0.2) is 18.5 Å². The van der Waals surface area contributed by atoms with E-state index in [-0.39, 0.29) is 11.5 Å². The Balaban J connectivity index is 1.39. The largest absolute Gasteiger partial charge is 0.382 e. The molecule has 1 amide bonds. The third-order valence-corrected chi connectivity index (χ3v) is 6.93. The van der Waals surface area contributed by atoms with Gasteiger partial charge in [-0.3, -0.25) is 4.79 Å². The van der Waals surface area contributed by atoms with E-state index in [1.54, 1.807) is 30.7 Å². The van der Waals surface area contributed by atoms with Crippen LogP contribution >= 0.6 is 11.3 Å². The summed E-state index contributed by atoms with van der Waals surface area (Å²) >= 11 is 1.74. The molecular weight excluding hydrogens is 390 g/mol. The number of hydrogen-bond acceptors (Lipinski definition) is 8. The van der Waals surface area contributed by atoms with Gasteiger partial charge in [-0.1, -0.05) is 0 Å². The zero-order valence-electron chi connectivity index (χ0n) is 16.0. The number of nitrogens with one attached hydrogen (secondary N) is 1. The molecule has 1 fully saturated rings. The summed E-state index contributed by atoms with van der Waals surface area (Å²) in [6.45, 7) is 3.72. The van der Waals surface area contributed by atoms with E-state index in [1.165, 1.54) is 10.4 Å². The number of carbonyl (C=O) groups excluding carboxylic acids is 1. The van der Waals surface area contributed by atoms with Gasteiger partial charge in [-0.2, -0.15) is 15.4 Å². The minimum Gasteiger partial charge on any atom is -0.382 e. The molecule has 3 aromatic heterocycles. The first-order valence-electron chi connectivity index (χ1n) is 9.57. The number of carbonyl (C=O) groups is 1. The molecule has 5 heterocycles. The molecule has 2 aliphatic heterocycles. The van der Waals surface area contributed by atoms with Gasteiger partial charge in [0, 0.05) is 24.4 Å². The summed E-state index contributed by atoms with van der Waals surface area (Å²) in [7, 11) is 0. The van der Waals surface area contributed by atoms with Crippen molar-refractivity contribution in [2.75, 3.05) is 25.4 Å². The number of aromatic amines is 1. The lowest BCUT2D eigenvalue weighted by atomic mass is 9.82. The quantitative estimate of drug-likeness (QED) is 0.660. The Morgan fingerprint density at radius 2 is 2.10 bits per heavy atom. The lowest BCUT2D eigenvalue weighted by molar-refractivity contribution is -0.0926. The Kier molecular flexibility index (Phi) is 4.32. The molecule has 0 atom stereocenters. The summed E-state index contributed by atoms with van der Waals surface area (Å²) in [5.41, 5.74) is 8.38. The van der Waals surface area contributed by atoms with Crippen LogP contribution in [0, 0.1) is 6.92 Å². The number of aryl methyl sites for hydroxylation is 1. The molecule has 29 heavy (non-hydrogen) atoms. The fourth-order valence-electron chi connectivity index (χ4n) is 4.13. The van der Waals surface area contributed by atoms with Crippen molar-refractivity contribution in [1.82, 2.24) is 30.3 Å². The van der Waals surface area contributed by atoms with Crippen LogP contribution in [0.1, 0.15) is 39.5 Å². The van der Waals surface area contributed by atoms with Gasteiger partial charge in [0.25, 0.3) is 5.91 Å². The van der Waals surface area contributed by atoms with E-state index >= 15 is 0 Å². The number of piperidine rings is 1. The third-order valence-electron chi connectivity index (χ3n) is 5.71. The molecular formula is C19H21N7O2S. The number of H-pyrrole nitrogens is 1. The van der Waals surface area contributed by atoms with Gasteiger partial charge >= 0.3 is 0 Å². The Morgan fingerprint density at radius 3 is 2.79 bits per heavy atom. The van der Waals surface area contributed by atoms with E-state index in [4.69, 9.17) is 10.5 Å². The Bertz CT molecular complexity index is 1050. The minimum absolute atomic E-state index is 0.0784. The van der Waals surface area contributed by atoms with Gasteiger partial charge in [0.05, 0.1) is 40.9 Å². The van der Waals surface area contributed by atoms with Crippen molar-refractivity contribution in [3.8, 4) is 10.6 Å². The Hall–Kier alpha value is -2.85. The zero-order chi connectivity index (χ0) is 20.0. The summed E-state index contributed by atoms with van der Waals surface area (Å²) in [6, 6.07) is 2.18. The molecule has 0 saturated carbocycles. The Labute approximate surface area is 171 Å². The van der Waals surface area contributed by atoms with Gasteiger partial charge in [-0.25, -0.2) is 9.97 Å². The first-order valence-corrected chi connectivity index (χ1v) is 10.4. The van der Waals surface area contributed by atoms with E-state index in [2.05, 4.69) is 31.4 Å². The summed E-state index contributed by atoms with van der Waals surface area (Å²) in [5, 5.41) is 10.5. The summed E-state index contributed by atoms with van der Waals surface area (Å²) in [5.74, 6) is 0.333. The summed E-state index contributed by atoms with van der Waals surface area (Å²) in [6.07, 6.45) is 5.70. The number of fused-ring (bicyclic) bond motifs is 2. The topological polar surface area (TPSA) is 123 Å². The summed E-state index contributed by atoms with van der Waals surface area (Å²) < 4.78 is 6.32. The first-order chi connectivity index (χ1) is 14.1. The molecule has 0 radical (unpaired) electrons. The van der Waals surface area contributed by atoms with Crippen LogP contribution in [0.2, 0.25) is 0 Å². The zero-order valence-corrected chi connectivity index (χ0v) is 16.8. The van der Waals surface area contributed by atoms with Crippen molar-refractivity contribution < 1.29 is 9.53 Å². The molecule has 10 heteroatoms. The molecule has 150 valence electrons. The number of aromatic nitrogens is 5. The molecule has 3 N–H and O–H groups in total. The molecule has 3 aromatic rings. The molecule has 1 spiro atoms. The highest BCUT2D eigenvalue weighted by Gasteiger charge is 2.43. The molecule has 0 aliphatic carbocycles. The van der Waals surface area contributed by atoms with Crippen molar-refractivity contribution in [2.24, 2.45) is 0 Å². The van der Waals surface area contributed by atoms with Crippen molar-refractivity contribution in [3.63, 3.8) is 0 Å². The Morgan fingerprint density at radius 1 is 1.28 bits per heavy atom. The molecule has 5 rings (SSSR count). The van der Waals surface area contributed by atoms with Crippen LogP contribution in [-0.4, -0.2) is 55.9 Å². The molecule has 2 aliphatic rings. The predicted molar refractivity (Wildman–Crippen MR) is 107 cm³/mol. The van der Waals surface area contributed by atoms with Crippen molar-refractivity contribution >= 4 is 23.1 Å². The number of nitrogens with zero attached hydrogens (tertiary/aromatic N) is 5. The van der Waals surface area contributed by atoms with E-state index in [9.17, 15) is 4.79 Å². The highest BCUT2D eigenvalue weighted by molar-refractivity contribution is 7.15. The molecule has 0 unspecified atom stereocenters. The van der Waals surface area contributed by atoms with Crippen LogP contribution in [0.3, 0.4) is 0 Å². The maximum atomic E-state index is 12.8. The van der Waals surface area contributed by atoms with Gasteiger partial charge < -0.3 is 15.4 Å². The molecule has 0 aromatic carbocycles. The van der Waals surface area contributed by atoms with Crippen LogP contribution in [-0.2, 0) is 16.8 Å². The normalized spacial score (nSPS) is 18.0. The number of thiophene rings is 1. The molecule has 1 saturated heterocycles. The highest BCUT2D eigenvalue weighted by atomic mass is 32.1. The predicted octanol–water partition coefficient (Wildman–Crippen LogP) is 1.92. The number of nitrogen functional groups attached to an aromatic ring is 1. The minimum atomic E-state index is -0.348. The number of nitrogens with two attached hydrogens (primary N) is 1. The second-order valence-corrected chi connectivity index (χ2v) is 8.55. The van der Waals surface area contributed by atoms with E-state index in [0.29, 0.717) is 36.9 Å². The fourth-order valence-corrected chi connectivity index (χ4v) is 5.32. The van der Waals surface area contributed by atoms with Crippen LogP contribution in [0.5, 0.6) is 0 Å². The van der Waals surface area contributed by atoms with Crippen LogP contribution < -0.4 is 5.73 Å². The third kappa shape index (κ3) is 3.08. The molecule has 0 bridgehead atoms. The molecule has 9 nitrogen and oxygen atoms in total. The second-order valence-electron chi connectivity index (χ2n) is 7.42. The fraction of sp³-hybridized carbons (Fsp3) is 0.421. The van der Waals surface area contributed by atoms with Crippen LogP contribution in [0.25, 0.3) is 10.6 Å². The number of hydrogen-bond donors (Lipinski definition) is 2. The summed E-state index contributed by atoms with van der Waals surface area (Å²) in [4.78, 5) is 25.6. The van der Waals surface area contributed by atoms with Crippen LogP contribution in [0.4, 0.5) is 5.82 Å². The SMILES string of the molecule is Cc1n[nH]nc1C(=O)N1CCC2(CC1)OCCc1sc(-c3cnc(N)cn3)cc12. The lowest BCUT2D eigenvalue weighted by Gasteiger charge is -2.43. The number of anilines is 1. The smallest absolute Gasteiger partial charge is 0.276 e. The van der Waals surface area contributed by atoms with Gasteiger partial charge in [-0.05, 0) is 31.4 Å². The van der Waals surface area contributed by atoms with Crippen molar-refractivity contribution in [2.45, 2.75) is 31.8 Å². The van der Waals surface area contributed by atoms with Crippen molar-refractivity contribution in [1.29, 1.82) is 0 Å². The maximum absolute atomic E-state index is 12.8. The van der Waals surface area contributed by atoms with Gasteiger partial charge in [0.15, 0.2) is 5.69 Å². The maximum Gasteiger partial charge on any atom is 0.276 e. The average molecular weight is 411 g/mol. The monoisotopic (exact) mass is 411 g/mol. The van der Waals surface area contributed by atoms with E-state index < -0.39 is 0 Å². The van der Waals surface area contributed by atoms with Gasteiger partial charge in [0.2, 0.25) is 0 Å². The number of amides is 1. The average Bonchev–Trinajstić information content (AvgIpc) is 3.36. The number of ether oxygens (including phenoxy) is 1. The van der Waals surface area contributed by atoms with Crippen molar-refractivity contribution in [3.05, 3.63) is 40.3 Å². The highest BCUT2D eigenvalue weighted by Crippen LogP contribution is 2.46. The van der Waals surface area contributed by atoms with E-state index in [0.717, 1.165) is 29.8 Å². The number of rotatable bonds is 2. The standard InChI is InChI=1S/C19H21N7O2S/c1-11-17(24-25-23-11)18(27)26-5-3-19(4-6-26)12-8-15(29-14(12)2-7-28-19)13-9-22-16(20)10-21-13/h8-10H,2-7H2,1H3,(H2,20,22)(H,23,24,25). The van der Waals surface area contributed by atoms with Gasteiger partial charge in [-0.15, -0.1) is 11.3 Å². The van der Waals surface area contributed by atoms with Gasteiger partial charge in [0.1, 0.15) is 5.82 Å².